The highest BCUT2D eigenvalue weighted by atomic mass is 13.9. The van der Waals surface area contributed by atoms with Crippen molar-refractivity contribution in [2.24, 2.45) is 0 Å². The highest BCUT2D eigenvalue weighted by Crippen LogP contribution is 2.05. The molecule has 0 atom stereocenters. The van der Waals surface area contributed by atoms with E-state index in [1.807, 2.05) is 0 Å². The minimum absolute atomic E-state index is 1.06. The molecule has 0 aromatic heterocycles. The summed E-state index contributed by atoms with van der Waals surface area (Å²) < 4.78 is 0. The van der Waals surface area contributed by atoms with Crippen LogP contribution in [0.25, 0.3) is 0 Å². The van der Waals surface area contributed by atoms with E-state index in [4.69, 9.17) is 0 Å². The lowest BCUT2D eigenvalue weighted by molar-refractivity contribution is 0.825. The molecule has 0 unspecified atom stereocenters. The van der Waals surface area contributed by atoms with E-state index < -0.39 is 0 Å². The molecule has 53 valence electrons. The maximum Gasteiger partial charge on any atom is -0.0323 e. The van der Waals surface area contributed by atoms with Gasteiger partial charge in [-0.15, -0.1) is 0 Å². The smallest absolute Gasteiger partial charge is 0.0323 e. The van der Waals surface area contributed by atoms with Crippen LogP contribution in [0, 0.1) is 6.92 Å². The van der Waals surface area contributed by atoms with Crippen molar-refractivity contribution >= 4 is 0 Å². The van der Waals surface area contributed by atoms with Crippen molar-refractivity contribution in [3.8, 4) is 0 Å². The maximum absolute atomic E-state index is 3.79. The lowest BCUT2D eigenvalue weighted by Crippen LogP contribution is -1.75. The Hall–Kier alpha value is -0.260. The largest absolute Gasteiger partial charge is 0.0859 e. The Kier molecular flexibility index (Phi) is 5.70. The lowest BCUT2D eigenvalue weighted by atomic mass is 10.1. The summed E-state index contributed by atoms with van der Waals surface area (Å²) in [5.41, 5.74) is 1.51. The zero-order chi connectivity index (χ0) is 7.11. The standard InChI is InChI=1S/C9H17/c1-4-6-8-9(3)7-5-2/h7H,1,4-6,8H2,2-3H3/b9-7+. The number of hydrogen-bond acceptors (Lipinski definition) is 0. The van der Waals surface area contributed by atoms with Crippen molar-refractivity contribution in [1.29, 1.82) is 0 Å². The molecular formula is C9H17. The third kappa shape index (κ3) is 5.61. The van der Waals surface area contributed by atoms with Crippen LogP contribution in [0.4, 0.5) is 0 Å². The summed E-state index contributed by atoms with van der Waals surface area (Å²) in [7, 11) is 0. The van der Waals surface area contributed by atoms with Crippen LogP contribution in [-0.2, 0) is 0 Å². The summed E-state index contributed by atoms with van der Waals surface area (Å²) >= 11 is 0. The van der Waals surface area contributed by atoms with Gasteiger partial charge in [0, 0.05) is 0 Å². The second kappa shape index (κ2) is 5.87. The van der Waals surface area contributed by atoms with Gasteiger partial charge in [0.25, 0.3) is 0 Å². The predicted octanol–water partition coefficient (Wildman–Crippen LogP) is 3.35. The molecule has 0 saturated carbocycles. The van der Waals surface area contributed by atoms with Gasteiger partial charge in [-0.05, 0) is 26.2 Å². The zero-order valence-electron chi connectivity index (χ0n) is 6.61. The van der Waals surface area contributed by atoms with Crippen LogP contribution in [-0.4, -0.2) is 0 Å². The third-order valence-corrected chi connectivity index (χ3v) is 1.37. The van der Waals surface area contributed by atoms with Gasteiger partial charge in [0.15, 0.2) is 0 Å². The number of hydrogen-bond donors (Lipinski definition) is 0. The van der Waals surface area contributed by atoms with Gasteiger partial charge in [-0.1, -0.05) is 31.9 Å². The molecule has 1 radical (unpaired) electrons. The Bertz CT molecular complexity index is 80.0. The van der Waals surface area contributed by atoms with E-state index >= 15 is 0 Å². The SMILES string of the molecule is [CH2]CCC/C(C)=C/CC. The van der Waals surface area contributed by atoms with Crippen molar-refractivity contribution in [1.82, 2.24) is 0 Å². The van der Waals surface area contributed by atoms with Crippen LogP contribution in [0.1, 0.15) is 39.5 Å². The van der Waals surface area contributed by atoms with Gasteiger partial charge < -0.3 is 0 Å². The topological polar surface area (TPSA) is 0 Å². The average Bonchev–Trinajstić information content (AvgIpc) is 1.85. The average molecular weight is 125 g/mol. The van der Waals surface area contributed by atoms with Crippen molar-refractivity contribution in [3.05, 3.63) is 18.6 Å². The van der Waals surface area contributed by atoms with Crippen LogP contribution in [0.5, 0.6) is 0 Å². The first-order valence-electron chi connectivity index (χ1n) is 3.76. The highest BCUT2D eigenvalue weighted by Gasteiger charge is 1.85. The minimum atomic E-state index is 1.06. The van der Waals surface area contributed by atoms with Crippen molar-refractivity contribution < 1.29 is 0 Å². The summed E-state index contributed by atoms with van der Waals surface area (Å²) in [5, 5.41) is 0. The summed E-state index contributed by atoms with van der Waals surface area (Å²) in [4.78, 5) is 0. The van der Waals surface area contributed by atoms with E-state index in [0.717, 1.165) is 6.42 Å². The van der Waals surface area contributed by atoms with Crippen LogP contribution in [0.15, 0.2) is 11.6 Å². The number of allylic oxidation sites excluding steroid dienone is 2. The van der Waals surface area contributed by atoms with Crippen molar-refractivity contribution in [2.75, 3.05) is 0 Å². The molecular weight excluding hydrogens is 108 g/mol. The van der Waals surface area contributed by atoms with Gasteiger partial charge in [-0.25, -0.2) is 0 Å². The molecule has 0 bridgehead atoms. The second-order valence-corrected chi connectivity index (χ2v) is 2.42. The Morgan fingerprint density at radius 1 is 1.56 bits per heavy atom. The minimum Gasteiger partial charge on any atom is -0.0859 e. The van der Waals surface area contributed by atoms with Gasteiger partial charge in [-0.3, -0.25) is 0 Å². The molecule has 0 fully saturated rings. The van der Waals surface area contributed by atoms with Gasteiger partial charge in [0.1, 0.15) is 0 Å². The van der Waals surface area contributed by atoms with Crippen molar-refractivity contribution in [3.63, 3.8) is 0 Å². The molecule has 0 heterocycles. The molecule has 0 aromatic rings. The van der Waals surface area contributed by atoms with E-state index in [9.17, 15) is 0 Å². The van der Waals surface area contributed by atoms with E-state index in [2.05, 4.69) is 26.8 Å². The van der Waals surface area contributed by atoms with Gasteiger partial charge in [0.05, 0.1) is 0 Å². The van der Waals surface area contributed by atoms with Crippen LogP contribution >= 0.6 is 0 Å². The Morgan fingerprint density at radius 2 is 2.22 bits per heavy atom. The maximum atomic E-state index is 3.79. The highest BCUT2D eigenvalue weighted by molar-refractivity contribution is 4.96. The Morgan fingerprint density at radius 3 is 2.67 bits per heavy atom. The fraction of sp³-hybridized carbons (Fsp3) is 0.667. The zero-order valence-corrected chi connectivity index (χ0v) is 6.61. The fourth-order valence-corrected chi connectivity index (χ4v) is 0.854. The summed E-state index contributed by atoms with van der Waals surface area (Å²) in [6.07, 6.45) is 6.99. The number of unbranched alkanes of at least 4 members (excludes halogenated alkanes) is 1. The van der Waals surface area contributed by atoms with E-state index in [0.29, 0.717) is 0 Å². The van der Waals surface area contributed by atoms with Gasteiger partial charge in [0.2, 0.25) is 0 Å². The molecule has 0 aliphatic carbocycles. The van der Waals surface area contributed by atoms with Crippen LogP contribution < -0.4 is 0 Å². The fourth-order valence-electron chi connectivity index (χ4n) is 0.854. The first-order valence-corrected chi connectivity index (χ1v) is 3.76. The molecule has 0 rings (SSSR count). The molecule has 0 heteroatoms. The van der Waals surface area contributed by atoms with Gasteiger partial charge >= 0.3 is 0 Å². The lowest BCUT2D eigenvalue weighted by Gasteiger charge is -1.96. The molecule has 0 spiro atoms. The molecule has 0 nitrogen and oxygen atoms in total. The summed E-state index contributed by atoms with van der Waals surface area (Å²) in [5.74, 6) is 0. The normalized spacial score (nSPS) is 12.1. The van der Waals surface area contributed by atoms with E-state index in [-0.39, 0.29) is 0 Å². The molecule has 0 aliphatic heterocycles. The first-order chi connectivity index (χ1) is 4.31. The molecule has 0 aromatic carbocycles. The van der Waals surface area contributed by atoms with Crippen molar-refractivity contribution in [2.45, 2.75) is 39.5 Å². The van der Waals surface area contributed by atoms with Gasteiger partial charge in [-0.2, -0.15) is 0 Å². The Balaban J connectivity index is 3.25. The van der Waals surface area contributed by atoms with E-state index in [1.165, 1.54) is 24.8 Å². The van der Waals surface area contributed by atoms with Crippen LogP contribution in [0.2, 0.25) is 0 Å². The van der Waals surface area contributed by atoms with Crippen LogP contribution in [0.3, 0.4) is 0 Å². The Labute approximate surface area is 59.0 Å². The molecule has 0 aliphatic rings. The quantitative estimate of drug-likeness (QED) is 0.505. The molecule has 0 amide bonds. The molecule has 0 N–H and O–H groups in total. The summed E-state index contributed by atoms with van der Waals surface area (Å²) in [6.45, 7) is 8.16. The third-order valence-electron chi connectivity index (χ3n) is 1.37. The monoisotopic (exact) mass is 125 g/mol. The molecule has 9 heavy (non-hydrogen) atoms. The molecule has 0 saturated heterocycles. The predicted molar refractivity (Wildman–Crippen MR) is 43.3 cm³/mol. The summed E-state index contributed by atoms with van der Waals surface area (Å²) in [6, 6.07) is 0. The number of rotatable bonds is 4. The first kappa shape index (κ1) is 8.74. The second-order valence-electron chi connectivity index (χ2n) is 2.42. The van der Waals surface area contributed by atoms with E-state index in [1.54, 1.807) is 0 Å².